The molecule has 2 aromatic heterocycles. The van der Waals surface area contributed by atoms with Crippen LogP contribution in [0.15, 0.2) is 30.5 Å². The molecule has 3 N–H and O–H groups in total. The normalized spacial score (nSPS) is 12.3. The van der Waals surface area contributed by atoms with E-state index in [-0.39, 0.29) is 24.0 Å². The highest BCUT2D eigenvalue weighted by atomic mass is 35.5. The number of aliphatic hydroxyl groups excluding tert-OH is 1. The van der Waals surface area contributed by atoms with Crippen molar-refractivity contribution in [1.82, 2.24) is 15.2 Å². The quantitative estimate of drug-likeness (QED) is 0.540. The number of hydrogen-bond acceptors (Lipinski definition) is 8. The maximum Gasteiger partial charge on any atom is 0.165 e. The molecule has 0 fully saturated rings. The summed E-state index contributed by atoms with van der Waals surface area (Å²) < 4.78 is 19.8. The number of nitrogens with zero attached hydrogens (tertiary/aromatic N) is 4. The molecule has 0 bridgehead atoms. The lowest BCUT2D eigenvalue weighted by Gasteiger charge is -2.22. The number of rotatable bonds is 8. The van der Waals surface area contributed by atoms with Crippen LogP contribution in [0.3, 0.4) is 0 Å². The van der Waals surface area contributed by atoms with Gasteiger partial charge in [-0.1, -0.05) is 22.9 Å². The zero-order valence-corrected chi connectivity index (χ0v) is 18.4. The molecule has 0 saturated carbocycles. The van der Waals surface area contributed by atoms with Crippen molar-refractivity contribution in [1.29, 1.82) is 0 Å². The second-order valence-corrected chi connectivity index (χ2v) is 8.42. The summed E-state index contributed by atoms with van der Waals surface area (Å²) in [4.78, 5) is 6.45. The Hall–Kier alpha value is -2.33. The fourth-order valence-corrected chi connectivity index (χ4v) is 3.68. The van der Waals surface area contributed by atoms with Crippen LogP contribution < -0.4 is 15.4 Å². The van der Waals surface area contributed by atoms with Gasteiger partial charge in [0.2, 0.25) is 0 Å². The van der Waals surface area contributed by atoms with Crippen molar-refractivity contribution in [3.63, 3.8) is 0 Å². The molecule has 1 atom stereocenters. The van der Waals surface area contributed by atoms with Gasteiger partial charge in [0.1, 0.15) is 22.4 Å². The predicted octanol–water partition coefficient (Wildman–Crippen LogP) is 3.60. The first kappa shape index (κ1) is 22.4. The maximum absolute atomic E-state index is 14.5. The number of pyridine rings is 1. The molecule has 0 saturated heterocycles. The lowest BCUT2D eigenvalue weighted by Crippen LogP contribution is -2.31. The van der Waals surface area contributed by atoms with Gasteiger partial charge in [-0.2, -0.15) is 0 Å². The van der Waals surface area contributed by atoms with E-state index in [1.807, 2.05) is 19.2 Å². The van der Waals surface area contributed by atoms with Gasteiger partial charge in [-0.3, -0.25) is 0 Å². The number of anilines is 1. The molecule has 0 aliphatic carbocycles. The molecular formula is C20H23ClFN5O2S. The SMILES string of the molecule is CC(C)N(C)c1cc(-c2nnc(-c3cc(F)c(OCC(N)CO)cc3Cl)s2)ccn1. The second-order valence-electron chi connectivity index (χ2n) is 7.04. The van der Waals surface area contributed by atoms with Crippen LogP contribution in [0.2, 0.25) is 5.02 Å². The number of aliphatic hydroxyl groups is 1. The van der Waals surface area contributed by atoms with E-state index in [2.05, 4.69) is 33.9 Å². The molecule has 0 amide bonds. The van der Waals surface area contributed by atoms with Gasteiger partial charge >= 0.3 is 0 Å². The van der Waals surface area contributed by atoms with Crippen molar-refractivity contribution >= 4 is 28.8 Å². The van der Waals surface area contributed by atoms with Gasteiger partial charge in [0.05, 0.1) is 17.7 Å². The molecule has 2 heterocycles. The van der Waals surface area contributed by atoms with Crippen LogP contribution in [0.25, 0.3) is 21.1 Å². The largest absolute Gasteiger partial charge is 0.489 e. The minimum Gasteiger partial charge on any atom is -0.489 e. The molecule has 160 valence electrons. The summed E-state index contributed by atoms with van der Waals surface area (Å²) in [7, 11) is 1.97. The maximum atomic E-state index is 14.5. The van der Waals surface area contributed by atoms with E-state index in [4.69, 9.17) is 27.2 Å². The second kappa shape index (κ2) is 9.65. The van der Waals surface area contributed by atoms with Crippen LogP contribution in [0.1, 0.15) is 13.8 Å². The van der Waals surface area contributed by atoms with Crippen molar-refractivity contribution < 1.29 is 14.2 Å². The van der Waals surface area contributed by atoms with Gasteiger partial charge in [0, 0.05) is 36.5 Å². The Balaban J connectivity index is 1.86. The zero-order valence-electron chi connectivity index (χ0n) is 16.8. The van der Waals surface area contributed by atoms with Crippen LogP contribution in [-0.4, -0.2) is 52.6 Å². The number of halogens is 2. The van der Waals surface area contributed by atoms with Gasteiger partial charge in [0.25, 0.3) is 0 Å². The van der Waals surface area contributed by atoms with Crippen LogP contribution in [0.4, 0.5) is 10.2 Å². The highest BCUT2D eigenvalue weighted by Gasteiger charge is 2.17. The summed E-state index contributed by atoms with van der Waals surface area (Å²) in [5.41, 5.74) is 6.87. The van der Waals surface area contributed by atoms with E-state index in [9.17, 15) is 4.39 Å². The first-order valence-electron chi connectivity index (χ1n) is 9.31. The molecule has 0 spiro atoms. The standard InChI is InChI=1S/C20H23ClFN5O2S/c1-11(2)27(3)18-6-12(4-5-24-18)19-25-26-20(30-19)14-7-16(22)17(8-15(14)21)29-10-13(23)9-28/h4-8,11,13,28H,9-10,23H2,1-3H3. The van der Waals surface area contributed by atoms with E-state index in [1.165, 1.54) is 23.5 Å². The van der Waals surface area contributed by atoms with E-state index in [1.54, 1.807) is 6.20 Å². The van der Waals surface area contributed by atoms with Gasteiger partial charge in [0.15, 0.2) is 11.6 Å². The number of ether oxygens (including phenoxy) is 1. The Morgan fingerprint density at radius 2 is 2.00 bits per heavy atom. The third kappa shape index (κ3) is 5.04. The van der Waals surface area contributed by atoms with Gasteiger partial charge in [-0.15, -0.1) is 10.2 Å². The lowest BCUT2D eigenvalue weighted by atomic mass is 10.2. The summed E-state index contributed by atoms with van der Waals surface area (Å²) in [5, 5.41) is 18.8. The molecule has 30 heavy (non-hydrogen) atoms. The van der Waals surface area contributed by atoms with Crippen LogP contribution >= 0.6 is 22.9 Å². The molecule has 1 unspecified atom stereocenters. The molecule has 1 aromatic carbocycles. The fourth-order valence-electron chi connectivity index (χ4n) is 2.51. The van der Waals surface area contributed by atoms with Gasteiger partial charge in [-0.25, -0.2) is 9.37 Å². The third-order valence-electron chi connectivity index (χ3n) is 4.49. The fraction of sp³-hybridized carbons (Fsp3) is 0.350. The number of benzene rings is 1. The third-order valence-corrected chi connectivity index (χ3v) is 5.81. The van der Waals surface area contributed by atoms with Crippen LogP contribution in [0.5, 0.6) is 5.75 Å². The van der Waals surface area contributed by atoms with Crippen LogP contribution in [0, 0.1) is 5.82 Å². The zero-order chi connectivity index (χ0) is 21.8. The van der Waals surface area contributed by atoms with Crippen molar-refractivity contribution in [2.45, 2.75) is 25.9 Å². The Bertz CT molecular complexity index is 1020. The van der Waals surface area contributed by atoms with Crippen molar-refractivity contribution in [2.24, 2.45) is 5.73 Å². The predicted molar refractivity (Wildman–Crippen MR) is 118 cm³/mol. The molecule has 0 aliphatic rings. The Morgan fingerprint density at radius 3 is 2.70 bits per heavy atom. The average molecular weight is 452 g/mol. The molecule has 7 nitrogen and oxygen atoms in total. The molecular weight excluding hydrogens is 429 g/mol. The van der Waals surface area contributed by atoms with Gasteiger partial charge in [-0.05, 0) is 32.0 Å². The lowest BCUT2D eigenvalue weighted by molar-refractivity contribution is 0.202. The van der Waals surface area contributed by atoms with Crippen molar-refractivity contribution in [2.75, 3.05) is 25.2 Å². The van der Waals surface area contributed by atoms with E-state index in [0.29, 0.717) is 21.6 Å². The minimum atomic E-state index is -0.603. The van der Waals surface area contributed by atoms with Crippen molar-refractivity contribution in [3.05, 3.63) is 41.3 Å². The highest BCUT2D eigenvalue weighted by Crippen LogP contribution is 2.37. The summed E-state index contributed by atoms with van der Waals surface area (Å²) >= 11 is 7.64. The Kier molecular flexibility index (Phi) is 7.19. The first-order chi connectivity index (χ1) is 14.3. The van der Waals surface area contributed by atoms with Crippen molar-refractivity contribution in [3.8, 4) is 26.9 Å². The Morgan fingerprint density at radius 1 is 1.27 bits per heavy atom. The molecule has 3 aromatic rings. The van der Waals surface area contributed by atoms with E-state index >= 15 is 0 Å². The summed E-state index contributed by atoms with van der Waals surface area (Å²) in [5.74, 6) is 0.194. The number of hydrogen-bond donors (Lipinski definition) is 2. The number of nitrogens with two attached hydrogens (primary N) is 1. The topological polar surface area (TPSA) is 97.4 Å². The van der Waals surface area contributed by atoms with Gasteiger partial charge < -0.3 is 20.5 Å². The molecule has 0 aliphatic heterocycles. The van der Waals surface area contributed by atoms with E-state index < -0.39 is 11.9 Å². The van der Waals surface area contributed by atoms with E-state index in [0.717, 1.165) is 11.4 Å². The monoisotopic (exact) mass is 451 g/mol. The molecule has 10 heteroatoms. The molecule has 0 radical (unpaired) electrons. The highest BCUT2D eigenvalue weighted by molar-refractivity contribution is 7.18. The summed E-state index contributed by atoms with van der Waals surface area (Å²) in [6.45, 7) is 3.88. The Labute approximate surface area is 183 Å². The first-order valence-corrected chi connectivity index (χ1v) is 10.5. The molecule has 3 rings (SSSR count). The van der Waals surface area contributed by atoms with Crippen LogP contribution in [-0.2, 0) is 0 Å². The minimum absolute atomic E-state index is 0.0265. The smallest absolute Gasteiger partial charge is 0.165 e. The summed E-state index contributed by atoms with van der Waals surface area (Å²) in [6, 6.07) is 6.12. The summed E-state index contributed by atoms with van der Waals surface area (Å²) in [6.07, 6.45) is 1.72. The number of aromatic nitrogens is 3. The average Bonchev–Trinajstić information content (AvgIpc) is 3.23.